The summed E-state index contributed by atoms with van der Waals surface area (Å²) in [5, 5.41) is 7.26. The maximum absolute atomic E-state index is 12.9. The molecule has 10 heteroatoms. The lowest BCUT2D eigenvalue weighted by molar-refractivity contribution is 0.0733. The molecule has 196 valence electrons. The highest BCUT2D eigenvalue weighted by molar-refractivity contribution is 6.37. The number of esters is 1. The van der Waals surface area contributed by atoms with Gasteiger partial charge in [0.2, 0.25) is 0 Å². The molecule has 4 aromatic rings. The molecule has 0 atom stereocenters. The largest absolute Gasteiger partial charge is 0.497 e. The Labute approximate surface area is 234 Å². The lowest BCUT2D eigenvalue weighted by Gasteiger charge is -2.11. The molecule has 0 aromatic heterocycles. The van der Waals surface area contributed by atoms with Crippen molar-refractivity contribution in [2.45, 2.75) is 0 Å². The van der Waals surface area contributed by atoms with E-state index in [1.165, 1.54) is 31.5 Å². The summed E-state index contributed by atoms with van der Waals surface area (Å²) in [4.78, 5) is 38.2. The van der Waals surface area contributed by atoms with Crippen LogP contribution in [0.15, 0.2) is 96.1 Å². The van der Waals surface area contributed by atoms with E-state index in [9.17, 15) is 14.4 Å². The number of ether oxygens (including phenoxy) is 2. The summed E-state index contributed by atoms with van der Waals surface area (Å²) in [6.45, 7) is 0. The third kappa shape index (κ3) is 7.01. The maximum Gasteiger partial charge on any atom is 0.343 e. The van der Waals surface area contributed by atoms with Crippen LogP contribution in [0.2, 0.25) is 10.0 Å². The number of nitrogens with zero attached hydrogens (tertiary/aromatic N) is 1. The van der Waals surface area contributed by atoms with E-state index in [0.29, 0.717) is 21.9 Å². The van der Waals surface area contributed by atoms with Crippen LogP contribution in [-0.4, -0.2) is 31.1 Å². The minimum atomic E-state index is -0.572. The standard InChI is InChI=1S/C29H21Cl2N3O5/c1-38-21-13-10-18(11-14-21)29(37)39-26-9-5-2-6-19(26)17-32-34-28(36)23-7-3-4-8-25(23)33-27(35)22-15-12-20(30)16-24(22)31/h2-17H,1H3,(H,33,35)(H,34,36)/b32-17-. The van der Waals surface area contributed by atoms with Crippen LogP contribution in [0.25, 0.3) is 0 Å². The number of amides is 2. The summed E-state index contributed by atoms with van der Waals surface area (Å²) < 4.78 is 10.6. The van der Waals surface area contributed by atoms with E-state index in [-0.39, 0.29) is 27.6 Å². The van der Waals surface area contributed by atoms with Gasteiger partial charge in [-0.1, -0.05) is 47.5 Å². The van der Waals surface area contributed by atoms with Crippen molar-refractivity contribution in [1.82, 2.24) is 5.43 Å². The summed E-state index contributed by atoms with van der Waals surface area (Å²) in [7, 11) is 1.54. The second kappa shape index (κ2) is 12.7. The molecule has 4 aromatic carbocycles. The Kier molecular flexibility index (Phi) is 8.94. The van der Waals surface area contributed by atoms with Gasteiger partial charge in [0.15, 0.2) is 0 Å². The van der Waals surface area contributed by atoms with Gasteiger partial charge in [-0.05, 0) is 66.7 Å². The van der Waals surface area contributed by atoms with Gasteiger partial charge >= 0.3 is 5.97 Å². The quantitative estimate of drug-likeness (QED) is 0.115. The van der Waals surface area contributed by atoms with E-state index in [1.807, 2.05) is 0 Å². The molecule has 0 saturated carbocycles. The summed E-state index contributed by atoms with van der Waals surface area (Å²) in [5.41, 5.74) is 3.86. The summed E-state index contributed by atoms with van der Waals surface area (Å²) in [6.07, 6.45) is 1.35. The first-order valence-corrected chi connectivity index (χ1v) is 12.3. The number of carbonyl (C=O) groups excluding carboxylic acids is 3. The fourth-order valence-corrected chi connectivity index (χ4v) is 3.93. The SMILES string of the molecule is COc1ccc(C(=O)Oc2ccccc2/C=N\NC(=O)c2ccccc2NC(=O)c2ccc(Cl)cc2Cl)cc1. The maximum atomic E-state index is 12.9. The van der Waals surface area contributed by atoms with Gasteiger partial charge in [-0.3, -0.25) is 9.59 Å². The number of hydrogen-bond acceptors (Lipinski definition) is 6. The zero-order chi connectivity index (χ0) is 27.8. The molecule has 0 unspecified atom stereocenters. The van der Waals surface area contributed by atoms with E-state index >= 15 is 0 Å². The molecule has 0 heterocycles. The smallest absolute Gasteiger partial charge is 0.343 e. The molecule has 2 N–H and O–H groups in total. The zero-order valence-corrected chi connectivity index (χ0v) is 22.0. The fourth-order valence-electron chi connectivity index (χ4n) is 3.44. The van der Waals surface area contributed by atoms with Gasteiger partial charge in [-0.25, -0.2) is 10.2 Å². The second-order valence-corrected chi connectivity index (χ2v) is 8.82. The third-order valence-electron chi connectivity index (χ3n) is 5.41. The van der Waals surface area contributed by atoms with E-state index in [4.69, 9.17) is 32.7 Å². The monoisotopic (exact) mass is 561 g/mol. The van der Waals surface area contributed by atoms with E-state index in [1.54, 1.807) is 72.8 Å². The van der Waals surface area contributed by atoms with Crippen molar-refractivity contribution >= 4 is 52.9 Å². The van der Waals surface area contributed by atoms with Crippen molar-refractivity contribution in [3.63, 3.8) is 0 Å². The van der Waals surface area contributed by atoms with Gasteiger partial charge in [-0.2, -0.15) is 5.10 Å². The summed E-state index contributed by atoms with van der Waals surface area (Å²) in [5.74, 6) is -0.772. The highest BCUT2D eigenvalue weighted by Crippen LogP contribution is 2.23. The second-order valence-electron chi connectivity index (χ2n) is 7.98. The number of carbonyl (C=O) groups is 3. The molecule has 0 aliphatic carbocycles. The van der Waals surface area contributed by atoms with Crippen LogP contribution in [0, 0.1) is 0 Å². The predicted molar refractivity (Wildman–Crippen MR) is 150 cm³/mol. The molecule has 0 aliphatic heterocycles. The molecule has 0 saturated heterocycles. The van der Waals surface area contributed by atoms with Crippen LogP contribution in [0.3, 0.4) is 0 Å². The predicted octanol–water partition coefficient (Wildman–Crippen LogP) is 6.24. The number of methoxy groups -OCH3 is 1. The molecule has 4 rings (SSSR count). The van der Waals surface area contributed by atoms with Crippen molar-refractivity contribution in [2.75, 3.05) is 12.4 Å². The lowest BCUT2D eigenvalue weighted by Crippen LogP contribution is -2.21. The molecule has 2 amide bonds. The summed E-state index contributed by atoms with van der Waals surface area (Å²) >= 11 is 12.0. The minimum absolute atomic E-state index is 0.173. The van der Waals surface area contributed by atoms with E-state index in [0.717, 1.165) is 0 Å². The van der Waals surface area contributed by atoms with Crippen LogP contribution in [0.5, 0.6) is 11.5 Å². The topological polar surface area (TPSA) is 106 Å². The summed E-state index contributed by atoms with van der Waals surface area (Å²) in [6, 6.07) is 24.2. The molecular weight excluding hydrogens is 541 g/mol. The first-order valence-electron chi connectivity index (χ1n) is 11.5. The van der Waals surface area contributed by atoms with Crippen LogP contribution in [0.4, 0.5) is 5.69 Å². The number of para-hydroxylation sites is 2. The van der Waals surface area contributed by atoms with Gasteiger partial charge < -0.3 is 14.8 Å². The number of anilines is 1. The Morgan fingerprint density at radius 2 is 1.54 bits per heavy atom. The van der Waals surface area contributed by atoms with Gasteiger partial charge in [0.05, 0.1) is 40.7 Å². The van der Waals surface area contributed by atoms with Crippen molar-refractivity contribution < 1.29 is 23.9 Å². The van der Waals surface area contributed by atoms with Crippen LogP contribution >= 0.6 is 23.2 Å². The van der Waals surface area contributed by atoms with Crippen molar-refractivity contribution in [2.24, 2.45) is 5.10 Å². The number of benzene rings is 4. The number of hydrogen-bond donors (Lipinski definition) is 2. The molecule has 39 heavy (non-hydrogen) atoms. The van der Waals surface area contributed by atoms with Crippen molar-refractivity contribution in [3.8, 4) is 11.5 Å². The number of halogens is 2. The lowest BCUT2D eigenvalue weighted by atomic mass is 10.1. The number of rotatable bonds is 8. The minimum Gasteiger partial charge on any atom is -0.497 e. The number of hydrazone groups is 1. The molecule has 8 nitrogen and oxygen atoms in total. The first-order chi connectivity index (χ1) is 18.9. The molecule has 0 bridgehead atoms. The molecule has 0 spiro atoms. The average molecular weight is 562 g/mol. The fraction of sp³-hybridized carbons (Fsp3) is 0.0345. The van der Waals surface area contributed by atoms with E-state index < -0.39 is 17.8 Å². The van der Waals surface area contributed by atoms with Crippen LogP contribution < -0.4 is 20.2 Å². The average Bonchev–Trinajstić information content (AvgIpc) is 2.94. The normalized spacial score (nSPS) is 10.6. The van der Waals surface area contributed by atoms with Gasteiger partial charge in [-0.15, -0.1) is 0 Å². The molecular formula is C29H21Cl2N3O5. The van der Waals surface area contributed by atoms with Crippen LogP contribution in [-0.2, 0) is 0 Å². The van der Waals surface area contributed by atoms with Gasteiger partial charge in [0, 0.05) is 10.6 Å². The Morgan fingerprint density at radius 1 is 0.821 bits per heavy atom. The Hall–Kier alpha value is -4.66. The Bertz CT molecular complexity index is 1560. The van der Waals surface area contributed by atoms with Crippen molar-refractivity contribution in [1.29, 1.82) is 0 Å². The highest BCUT2D eigenvalue weighted by Gasteiger charge is 2.16. The molecule has 0 radical (unpaired) electrons. The number of nitrogens with one attached hydrogen (secondary N) is 2. The highest BCUT2D eigenvalue weighted by atomic mass is 35.5. The molecule has 0 fully saturated rings. The van der Waals surface area contributed by atoms with Crippen molar-refractivity contribution in [3.05, 3.63) is 123 Å². The van der Waals surface area contributed by atoms with Gasteiger partial charge in [0.1, 0.15) is 11.5 Å². The Balaban J connectivity index is 1.44. The molecule has 0 aliphatic rings. The zero-order valence-electron chi connectivity index (χ0n) is 20.5. The first kappa shape index (κ1) is 27.4. The Morgan fingerprint density at radius 3 is 2.28 bits per heavy atom. The van der Waals surface area contributed by atoms with Gasteiger partial charge in [0.25, 0.3) is 11.8 Å². The van der Waals surface area contributed by atoms with E-state index in [2.05, 4.69) is 15.8 Å². The third-order valence-corrected chi connectivity index (χ3v) is 5.96. The van der Waals surface area contributed by atoms with Crippen LogP contribution in [0.1, 0.15) is 36.6 Å².